The average Bonchev–Trinajstić information content (AvgIpc) is 3.36. The fraction of sp³-hybridized carbons (Fsp3) is 0.462. The van der Waals surface area contributed by atoms with Crippen LogP contribution in [0.5, 0.6) is 0 Å². The van der Waals surface area contributed by atoms with E-state index in [4.69, 9.17) is 0 Å². The summed E-state index contributed by atoms with van der Waals surface area (Å²) in [6.45, 7) is 11.9. The third kappa shape index (κ3) is 3.61. The first-order valence-electron chi connectivity index (χ1n) is 11.6. The van der Waals surface area contributed by atoms with Crippen molar-refractivity contribution in [2.24, 2.45) is 5.92 Å². The van der Waals surface area contributed by atoms with Gasteiger partial charge in [-0.3, -0.25) is 9.59 Å². The average molecular weight is 435 g/mol. The van der Waals surface area contributed by atoms with Crippen molar-refractivity contribution < 1.29 is 9.59 Å². The van der Waals surface area contributed by atoms with Crippen LogP contribution in [0.3, 0.4) is 0 Å². The molecule has 1 aromatic carbocycles. The van der Waals surface area contributed by atoms with Gasteiger partial charge in [-0.25, -0.2) is 0 Å². The fourth-order valence-corrected chi connectivity index (χ4v) is 4.75. The van der Waals surface area contributed by atoms with Crippen molar-refractivity contribution in [3.63, 3.8) is 0 Å². The minimum atomic E-state index is -0.943. The van der Waals surface area contributed by atoms with E-state index in [9.17, 15) is 9.59 Å². The topological polar surface area (TPSA) is 59.3 Å². The van der Waals surface area contributed by atoms with Crippen LogP contribution in [0.2, 0.25) is 0 Å². The van der Waals surface area contributed by atoms with E-state index in [-0.39, 0.29) is 11.8 Å². The Balaban J connectivity index is 1.87. The minimum Gasteiger partial charge on any atom is -0.354 e. The number of carbonyl (C=O) groups excluding carboxylic acids is 2. The van der Waals surface area contributed by atoms with Crippen molar-refractivity contribution in [3.05, 3.63) is 54.0 Å². The number of aromatic nitrogens is 2. The normalized spacial score (nSPS) is 18.4. The number of aryl methyl sites for hydroxylation is 1. The predicted octanol–water partition coefficient (Wildman–Crippen LogP) is 4.53. The van der Waals surface area contributed by atoms with E-state index in [1.807, 2.05) is 42.9 Å². The van der Waals surface area contributed by atoms with Crippen molar-refractivity contribution >= 4 is 22.7 Å². The van der Waals surface area contributed by atoms with E-state index in [0.717, 1.165) is 35.0 Å². The Hall–Kier alpha value is -3.02. The van der Waals surface area contributed by atoms with Crippen molar-refractivity contribution in [1.29, 1.82) is 0 Å². The number of nitrogens with zero attached hydrogens (tertiary/aromatic N) is 3. The molecule has 1 N–H and O–H groups in total. The summed E-state index contributed by atoms with van der Waals surface area (Å²) in [5.74, 6) is 0.342. The van der Waals surface area contributed by atoms with Gasteiger partial charge in [-0.05, 0) is 56.9 Å². The summed E-state index contributed by atoms with van der Waals surface area (Å²) in [4.78, 5) is 29.2. The summed E-state index contributed by atoms with van der Waals surface area (Å²) < 4.78 is 4.07. The summed E-state index contributed by atoms with van der Waals surface area (Å²) in [5, 5.41) is 4.14. The van der Waals surface area contributed by atoms with Crippen LogP contribution in [-0.4, -0.2) is 44.5 Å². The molecular formula is C26H34N4O2. The summed E-state index contributed by atoms with van der Waals surface area (Å²) in [6.07, 6.45) is 5.65. The number of hydrogen-bond donors (Lipinski definition) is 1. The van der Waals surface area contributed by atoms with Gasteiger partial charge < -0.3 is 19.4 Å². The molecule has 4 rings (SSSR count). The van der Waals surface area contributed by atoms with Crippen LogP contribution in [0.1, 0.15) is 56.6 Å². The molecule has 0 aliphatic carbocycles. The Bertz CT molecular complexity index is 1140. The maximum atomic E-state index is 14.0. The van der Waals surface area contributed by atoms with Crippen molar-refractivity contribution in [2.45, 2.75) is 59.5 Å². The standard InChI is InChI=1S/C26H34N4O2/c1-6-13-30-24(31)23-22(28-14-7-8-15-28)20-16-19(4)9-10-21(20)29(23)17-26(30,5)25(32)27-12-11-18(2)3/h7-10,14-16,18H,6,11-13,17H2,1-5H3,(H,27,32). The second-order valence-electron chi connectivity index (χ2n) is 9.56. The first-order valence-corrected chi connectivity index (χ1v) is 11.6. The molecule has 2 amide bonds. The molecule has 1 unspecified atom stereocenters. The van der Waals surface area contributed by atoms with Gasteiger partial charge in [0, 0.05) is 30.9 Å². The summed E-state index contributed by atoms with van der Waals surface area (Å²) in [6, 6.07) is 10.2. The lowest BCUT2D eigenvalue weighted by molar-refractivity contribution is -0.132. The molecule has 0 bridgehead atoms. The molecule has 0 fully saturated rings. The van der Waals surface area contributed by atoms with Crippen LogP contribution < -0.4 is 5.32 Å². The van der Waals surface area contributed by atoms with Crippen molar-refractivity contribution in [2.75, 3.05) is 13.1 Å². The first-order chi connectivity index (χ1) is 15.3. The number of carbonyl (C=O) groups is 2. The van der Waals surface area contributed by atoms with Crippen LogP contribution in [0.15, 0.2) is 42.7 Å². The van der Waals surface area contributed by atoms with E-state index in [1.54, 1.807) is 4.90 Å². The highest BCUT2D eigenvalue weighted by molar-refractivity contribution is 6.09. The molecule has 0 spiro atoms. The number of hydrogen-bond acceptors (Lipinski definition) is 2. The van der Waals surface area contributed by atoms with Gasteiger partial charge in [0.15, 0.2) is 0 Å². The molecule has 6 nitrogen and oxygen atoms in total. The smallest absolute Gasteiger partial charge is 0.273 e. The molecule has 32 heavy (non-hydrogen) atoms. The van der Waals surface area contributed by atoms with E-state index < -0.39 is 5.54 Å². The van der Waals surface area contributed by atoms with Crippen LogP contribution in [0.25, 0.3) is 16.6 Å². The Kier molecular flexibility index (Phi) is 5.89. The number of nitrogens with one attached hydrogen (secondary N) is 1. The van der Waals surface area contributed by atoms with E-state index >= 15 is 0 Å². The van der Waals surface area contributed by atoms with Gasteiger partial charge in [-0.15, -0.1) is 0 Å². The van der Waals surface area contributed by atoms with Crippen LogP contribution in [0.4, 0.5) is 0 Å². The van der Waals surface area contributed by atoms with Crippen LogP contribution >= 0.6 is 0 Å². The number of rotatable bonds is 7. The number of amides is 2. The predicted molar refractivity (Wildman–Crippen MR) is 128 cm³/mol. The third-order valence-electron chi connectivity index (χ3n) is 6.51. The van der Waals surface area contributed by atoms with E-state index in [1.165, 1.54) is 0 Å². The zero-order valence-electron chi connectivity index (χ0n) is 19.8. The molecule has 2 aromatic heterocycles. The molecule has 170 valence electrons. The number of fused-ring (bicyclic) bond motifs is 3. The largest absolute Gasteiger partial charge is 0.354 e. The van der Waals surface area contributed by atoms with E-state index in [0.29, 0.717) is 31.2 Å². The van der Waals surface area contributed by atoms with Gasteiger partial charge in [0.2, 0.25) is 5.91 Å². The second kappa shape index (κ2) is 8.49. The zero-order chi connectivity index (χ0) is 23.0. The summed E-state index contributed by atoms with van der Waals surface area (Å²) >= 11 is 0. The van der Waals surface area contributed by atoms with Gasteiger partial charge >= 0.3 is 0 Å². The molecule has 0 radical (unpaired) electrons. The van der Waals surface area contributed by atoms with Crippen LogP contribution in [0, 0.1) is 12.8 Å². The molecule has 6 heteroatoms. The molecule has 0 saturated carbocycles. The highest BCUT2D eigenvalue weighted by atomic mass is 16.2. The summed E-state index contributed by atoms with van der Waals surface area (Å²) in [7, 11) is 0. The Morgan fingerprint density at radius 3 is 2.59 bits per heavy atom. The SMILES string of the molecule is CCCN1C(=O)c2c(-n3cccc3)c3cc(C)ccc3n2CC1(C)C(=O)NCCC(C)C. The maximum absolute atomic E-state index is 14.0. The minimum absolute atomic E-state index is 0.0814. The van der Waals surface area contributed by atoms with Gasteiger partial charge in [0.05, 0.1) is 17.7 Å². The first kappa shape index (κ1) is 22.2. The van der Waals surface area contributed by atoms with Crippen LogP contribution in [-0.2, 0) is 11.3 Å². The van der Waals surface area contributed by atoms with Gasteiger partial charge in [0.25, 0.3) is 5.91 Å². The summed E-state index contributed by atoms with van der Waals surface area (Å²) in [5.41, 5.74) is 2.73. The molecule has 3 aromatic rings. The van der Waals surface area contributed by atoms with Gasteiger partial charge in [-0.2, -0.15) is 0 Å². The fourth-order valence-electron chi connectivity index (χ4n) is 4.75. The van der Waals surface area contributed by atoms with Crippen molar-refractivity contribution in [3.8, 4) is 5.69 Å². The maximum Gasteiger partial charge on any atom is 0.273 e. The zero-order valence-corrected chi connectivity index (χ0v) is 19.8. The highest BCUT2D eigenvalue weighted by Gasteiger charge is 2.48. The molecule has 0 saturated heterocycles. The Morgan fingerprint density at radius 1 is 1.22 bits per heavy atom. The Morgan fingerprint density at radius 2 is 1.94 bits per heavy atom. The Labute approximate surface area is 190 Å². The van der Waals surface area contributed by atoms with E-state index in [2.05, 4.69) is 48.9 Å². The molecule has 3 heterocycles. The lowest BCUT2D eigenvalue weighted by Crippen LogP contribution is -2.64. The van der Waals surface area contributed by atoms with Gasteiger partial charge in [0.1, 0.15) is 11.2 Å². The second-order valence-corrected chi connectivity index (χ2v) is 9.56. The monoisotopic (exact) mass is 434 g/mol. The lowest BCUT2D eigenvalue weighted by atomic mass is 9.94. The molecular weight excluding hydrogens is 400 g/mol. The molecule has 1 aliphatic rings. The molecule has 1 aliphatic heterocycles. The van der Waals surface area contributed by atoms with Crippen molar-refractivity contribution in [1.82, 2.24) is 19.4 Å². The lowest BCUT2D eigenvalue weighted by Gasteiger charge is -2.44. The quantitative estimate of drug-likeness (QED) is 0.594. The highest BCUT2D eigenvalue weighted by Crippen LogP contribution is 2.38. The van der Waals surface area contributed by atoms with Gasteiger partial charge in [-0.1, -0.05) is 32.4 Å². The third-order valence-corrected chi connectivity index (χ3v) is 6.51. The number of benzene rings is 1. The molecule has 1 atom stereocenters.